The molecular weight excluding hydrogens is 391 g/mol. The van der Waals surface area contributed by atoms with Gasteiger partial charge in [0.05, 0.1) is 11.6 Å². The lowest BCUT2D eigenvalue weighted by molar-refractivity contribution is 0.283. The Morgan fingerprint density at radius 2 is 1.95 bits per heavy atom. The lowest BCUT2D eigenvalue weighted by atomic mass is 10.2. The summed E-state index contributed by atoms with van der Waals surface area (Å²) in [4.78, 5) is 0. The molecule has 20 heavy (non-hydrogen) atoms. The van der Waals surface area contributed by atoms with Gasteiger partial charge in [0.25, 0.3) is 0 Å². The quantitative estimate of drug-likeness (QED) is 0.648. The van der Waals surface area contributed by atoms with Crippen LogP contribution in [0.3, 0.4) is 0 Å². The van der Waals surface area contributed by atoms with Gasteiger partial charge >= 0.3 is 0 Å². The van der Waals surface area contributed by atoms with Gasteiger partial charge in [0, 0.05) is 10.9 Å². The zero-order valence-electron chi connectivity index (χ0n) is 10.8. The Bertz CT molecular complexity index is 602. The van der Waals surface area contributed by atoms with Gasteiger partial charge in [-0.15, -0.1) is 0 Å². The third kappa shape index (κ3) is 3.52. The summed E-state index contributed by atoms with van der Waals surface area (Å²) in [6.45, 7) is 0.264. The molecule has 0 N–H and O–H groups in total. The van der Waals surface area contributed by atoms with Gasteiger partial charge in [0.15, 0.2) is 11.5 Å². The molecule has 2 aromatic carbocycles. The van der Waals surface area contributed by atoms with E-state index in [1.807, 2.05) is 24.3 Å². The molecule has 2 rings (SSSR count). The third-order valence-electron chi connectivity index (χ3n) is 2.80. The van der Waals surface area contributed by atoms with E-state index in [1.54, 1.807) is 13.2 Å². The standard InChI is InChI=1S/C15H13Br2FO2/c1-19-13-6-5-10(8-16)7-14(13)20-9-11-3-2-4-12(18)15(11)17/h2-7H,8-9H2,1H3. The molecule has 5 heteroatoms. The van der Waals surface area contributed by atoms with Crippen molar-refractivity contribution in [1.29, 1.82) is 0 Å². The maximum absolute atomic E-state index is 13.4. The van der Waals surface area contributed by atoms with E-state index < -0.39 is 0 Å². The Morgan fingerprint density at radius 1 is 1.15 bits per heavy atom. The van der Waals surface area contributed by atoms with Gasteiger partial charge in [-0.05, 0) is 39.7 Å². The average molecular weight is 404 g/mol. The Hall–Kier alpha value is -1.07. The number of benzene rings is 2. The van der Waals surface area contributed by atoms with E-state index in [0.29, 0.717) is 16.0 Å². The predicted molar refractivity (Wildman–Crippen MR) is 84.1 cm³/mol. The lowest BCUT2D eigenvalue weighted by Gasteiger charge is -2.12. The zero-order valence-corrected chi connectivity index (χ0v) is 14.0. The van der Waals surface area contributed by atoms with Crippen molar-refractivity contribution in [3.05, 3.63) is 57.8 Å². The van der Waals surface area contributed by atoms with E-state index in [9.17, 15) is 4.39 Å². The van der Waals surface area contributed by atoms with Crippen LogP contribution >= 0.6 is 31.9 Å². The minimum absolute atomic E-state index is 0.264. The van der Waals surface area contributed by atoms with Gasteiger partial charge < -0.3 is 9.47 Å². The van der Waals surface area contributed by atoms with E-state index in [1.165, 1.54) is 6.07 Å². The average Bonchev–Trinajstić information content (AvgIpc) is 2.48. The van der Waals surface area contributed by atoms with Gasteiger partial charge in [-0.3, -0.25) is 0 Å². The van der Waals surface area contributed by atoms with Crippen LogP contribution in [0.5, 0.6) is 11.5 Å². The van der Waals surface area contributed by atoms with E-state index in [2.05, 4.69) is 31.9 Å². The van der Waals surface area contributed by atoms with Crippen molar-refractivity contribution in [2.24, 2.45) is 0 Å². The largest absolute Gasteiger partial charge is 0.493 e. The molecule has 0 amide bonds. The van der Waals surface area contributed by atoms with Crippen LogP contribution in [0.1, 0.15) is 11.1 Å². The normalized spacial score (nSPS) is 10.4. The second kappa shape index (κ2) is 7.09. The highest BCUT2D eigenvalue weighted by Crippen LogP contribution is 2.30. The number of rotatable bonds is 5. The molecule has 106 valence electrons. The van der Waals surface area contributed by atoms with Gasteiger partial charge in [0.1, 0.15) is 12.4 Å². The Labute approximate surface area is 134 Å². The smallest absolute Gasteiger partial charge is 0.161 e. The van der Waals surface area contributed by atoms with Crippen molar-refractivity contribution in [3.63, 3.8) is 0 Å². The van der Waals surface area contributed by atoms with Gasteiger partial charge in [-0.1, -0.05) is 34.1 Å². The highest BCUT2D eigenvalue weighted by Gasteiger charge is 2.09. The predicted octanol–water partition coefficient (Wildman–Crippen LogP) is 5.07. The van der Waals surface area contributed by atoms with Crippen molar-refractivity contribution >= 4 is 31.9 Å². The second-order valence-electron chi connectivity index (χ2n) is 4.12. The summed E-state index contributed by atoms with van der Waals surface area (Å²) in [6.07, 6.45) is 0. The molecule has 0 aromatic heterocycles. The molecule has 0 fully saturated rings. The zero-order chi connectivity index (χ0) is 14.5. The molecule has 0 bridgehead atoms. The highest BCUT2D eigenvalue weighted by atomic mass is 79.9. The van der Waals surface area contributed by atoms with Gasteiger partial charge in [0.2, 0.25) is 0 Å². The molecule has 0 aliphatic rings. The fourth-order valence-electron chi connectivity index (χ4n) is 1.73. The summed E-state index contributed by atoms with van der Waals surface area (Å²) in [5, 5.41) is 0.733. The Kier molecular flexibility index (Phi) is 5.43. The molecule has 0 aliphatic heterocycles. The third-order valence-corrected chi connectivity index (χ3v) is 4.33. The Balaban J connectivity index is 2.19. The van der Waals surface area contributed by atoms with Crippen LogP contribution < -0.4 is 9.47 Å². The van der Waals surface area contributed by atoms with E-state index in [-0.39, 0.29) is 12.4 Å². The number of alkyl halides is 1. The van der Waals surface area contributed by atoms with Crippen LogP contribution in [0, 0.1) is 5.82 Å². The van der Waals surface area contributed by atoms with Crippen LogP contribution in [0.4, 0.5) is 4.39 Å². The number of ether oxygens (including phenoxy) is 2. The fourth-order valence-corrected chi connectivity index (χ4v) is 2.46. The van der Waals surface area contributed by atoms with Crippen molar-refractivity contribution in [2.45, 2.75) is 11.9 Å². The van der Waals surface area contributed by atoms with Crippen LogP contribution in [0.2, 0.25) is 0 Å². The first-order chi connectivity index (χ1) is 9.65. The van der Waals surface area contributed by atoms with Crippen molar-refractivity contribution in [2.75, 3.05) is 7.11 Å². The van der Waals surface area contributed by atoms with Crippen LogP contribution in [0.25, 0.3) is 0 Å². The summed E-state index contributed by atoms with van der Waals surface area (Å²) in [7, 11) is 1.59. The maximum Gasteiger partial charge on any atom is 0.161 e. The van der Waals surface area contributed by atoms with E-state index in [0.717, 1.165) is 16.5 Å². The number of hydrogen-bond acceptors (Lipinski definition) is 2. The Morgan fingerprint density at radius 3 is 2.65 bits per heavy atom. The number of methoxy groups -OCH3 is 1. The minimum Gasteiger partial charge on any atom is -0.493 e. The lowest BCUT2D eigenvalue weighted by Crippen LogP contribution is -2.00. The minimum atomic E-state index is -0.299. The fraction of sp³-hybridized carbons (Fsp3) is 0.200. The SMILES string of the molecule is COc1ccc(CBr)cc1OCc1cccc(F)c1Br. The molecule has 0 radical (unpaired) electrons. The highest BCUT2D eigenvalue weighted by molar-refractivity contribution is 9.10. The molecule has 2 aromatic rings. The summed E-state index contributed by atoms with van der Waals surface area (Å²) in [5.74, 6) is 0.995. The monoisotopic (exact) mass is 402 g/mol. The molecule has 2 nitrogen and oxygen atoms in total. The van der Waals surface area contributed by atoms with Gasteiger partial charge in [-0.25, -0.2) is 4.39 Å². The number of halogens is 3. The summed E-state index contributed by atoms with van der Waals surface area (Å²) in [5.41, 5.74) is 1.83. The van der Waals surface area contributed by atoms with E-state index in [4.69, 9.17) is 9.47 Å². The molecule has 0 unspecified atom stereocenters. The molecule has 0 heterocycles. The van der Waals surface area contributed by atoms with Crippen LogP contribution in [-0.2, 0) is 11.9 Å². The summed E-state index contributed by atoms with van der Waals surface area (Å²) < 4.78 is 24.9. The second-order valence-corrected chi connectivity index (χ2v) is 5.47. The first-order valence-corrected chi connectivity index (χ1v) is 7.85. The topological polar surface area (TPSA) is 18.5 Å². The molecular formula is C15H13Br2FO2. The van der Waals surface area contributed by atoms with Crippen LogP contribution in [0.15, 0.2) is 40.9 Å². The van der Waals surface area contributed by atoms with E-state index >= 15 is 0 Å². The maximum atomic E-state index is 13.4. The first kappa shape index (κ1) is 15.3. The summed E-state index contributed by atoms with van der Waals surface area (Å²) >= 11 is 6.63. The molecule has 0 atom stereocenters. The summed E-state index contributed by atoms with van der Waals surface area (Å²) in [6, 6.07) is 10.6. The first-order valence-electron chi connectivity index (χ1n) is 5.94. The van der Waals surface area contributed by atoms with Crippen LogP contribution in [-0.4, -0.2) is 7.11 Å². The van der Waals surface area contributed by atoms with Crippen molar-refractivity contribution in [1.82, 2.24) is 0 Å². The molecule has 0 saturated carbocycles. The molecule has 0 aliphatic carbocycles. The van der Waals surface area contributed by atoms with Gasteiger partial charge in [-0.2, -0.15) is 0 Å². The number of hydrogen-bond donors (Lipinski definition) is 0. The molecule has 0 spiro atoms. The van der Waals surface area contributed by atoms with Crippen molar-refractivity contribution < 1.29 is 13.9 Å². The molecule has 0 saturated heterocycles. The van der Waals surface area contributed by atoms with Crippen molar-refractivity contribution in [3.8, 4) is 11.5 Å².